The highest BCUT2D eigenvalue weighted by Gasteiger charge is 2.35. The molecule has 2 aromatic rings. The Bertz CT molecular complexity index is 970. The molecule has 1 heterocycles. The van der Waals surface area contributed by atoms with Gasteiger partial charge < -0.3 is 10.1 Å². The fourth-order valence-electron chi connectivity index (χ4n) is 3.24. The van der Waals surface area contributed by atoms with Gasteiger partial charge in [0.05, 0.1) is 24.5 Å². The summed E-state index contributed by atoms with van der Waals surface area (Å²) in [5.41, 5.74) is 3.60. The standard InChI is InChI=1S/C21H26N2O4S/c1-5-16-7-9-17(10-8-16)15(3)22-21(24)20-13-23(28(4,25)26)18-11-6-14(2)12-19(18)27-20/h6-12,15,20H,5,13H2,1-4H3,(H,22,24). The molecular formula is C21H26N2O4S. The maximum atomic E-state index is 12.8. The van der Waals surface area contributed by atoms with E-state index in [1.165, 1.54) is 9.87 Å². The number of hydrogen-bond donors (Lipinski definition) is 1. The van der Waals surface area contributed by atoms with E-state index >= 15 is 0 Å². The van der Waals surface area contributed by atoms with Crippen LogP contribution in [0.15, 0.2) is 42.5 Å². The van der Waals surface area contributed by atoms with E-state index in [1.54, 1.807) is 12.1 Å². The average molecular weight is 403 g/mol. The van der Waals surface area contributed by atoms with Crippen molar-refractivity contribution in [3.05, 3.63) is 59.2 Å². The van der Waals surface area contributed by atoms with Crippen LogP contribution in [0, 0.1) is 6.92 Å². The van der Waals surface area contributed by atoms with E-state index in [4.69, 9.17) is 4.74 Å². The summed E-state index contributed by atoms with van der Waals surface area (Å²) in [6.45, 7) is 5.82. The second-order valence-corrected chi connectivity index (χ2v) is 9.10. The van der Waals surface area contributed by atoms with Gasteiger partial charge in [0.1, 0.15) is 5.75 Å². The van der Waals surface area contributed by atoms with Gasteiger partial charge in [-0.2, -0.15) is 0 Å². The first kappa shape index (κ1) is 20.2. The zero-order valence-electron chi connectivity index (χ0n) is 16.6. The number of anilines is 1. The molecule has 3 rings (SSSR count). The number of rotatable bonds is 5. The molecule has 28 heavy (non-hydrogen) atoms. The van der Waals surface area contributed by atoms with Crippen molar-refractivity contribution in [2.24, 2.45) is 0 Å². The van der Waals surface area contributed by atoms with Gasteiger partial charge in [-0.15, -0.1) is 0 Å². The maximum Gasteiger partial charge on any atom is 0.263 e. The van der Waals surface area contributed by atoms with Gasteiger partial charge in [-0.25, -0.2) is 8.42 Å². The molecule has 0 saturated carbocycles. The topological polar surface area (TPSA) is 75.7 Å². The first-order valence-electron chi connectivity index (χ1n) is 9.33. The minimum Gasteiger partial charge on any atom is -0.476 e. The first-order chi connectivity index (χ1) is 13.2. The van der Waals surface area contributed by atoms with E-state index in [1.807, 2.05) is 44.2 Å². The molecule has 2 aromatic carbocycles. The van der Waals surface area contributed by atoms with Gasteiger partial charge in [-0.3, -0.25) is 9.10 Å². The van der Waals surface area contributed by atoms with E-state index in [9.17, 15) is 13.2 Å². The second-order valence-electron chi connectivity index (χ2n) is 7.20. The molecule has 6 nitrogen and oxygen atoms in total. The van der Waals surface area contributed by atoms with E-state index < -0.39 is 16.1 Å². The number of fused-ring (bicyclic) bond motifs is 1. The monoisotopic (exact) mass is 402 g/mol. The number of benzene rings is 2. The second kappa shape index (κ2) is 7.83. The Kier molecular flexibility index (Phi) is 5.65. The Morgan fingerprint density at radius 1 is 1.25 bits per heavy atom. The number of nitrogens with zero attached hydrogens (tertiary/aromatic N) is 1. The van der Waals surface area contributed by atoms with Crippen molar-refractivity contribution in [2.45, 2.75) is 39.3 Å². The minimum absolute atomic E-state index is 0.0534. The van der Waals surface area contributed by atoms with Crippen LogP contribution in [0.1, 0.15) is 36.6 Å². The third-order valence-corrected chi connectivity index (χ3v) is 6.07. The number of carbonyl (C=O) groups excluding carboxylic acids is 1. The zero-order valence-corrected chi connectivity index (χ0v) is 17.4. The van der Waals surface area contributed by atoms with Crippen LogP contribution in [0.3, 0.4) is 0 Å². The van der Waals surface area contributed by atoms with Crippen LogP contribution in [0.5, 0.6) is 5.75 Å². The van der Waals surface area contributed by atoms with Crippen molar-refractivity contribution in [2.75, 3.05) is 17.1 Å². The SMILES string of the molecule is CCc1ccc(C(C)NC(=O)C2CN(S(C)(=O)=O)c3ccc(C)cc3O2)cc1. The average Bonchev–Trinajstić information content (AvgIpc) is 2.66. The highest BCUT2D eigenvalue weighted by molar-refractivity contribution is 7.92. The van der Waals surface area contributed by atoms with E-state index in [0.717, 1.165) is 23.8 Å². The molecule has 0 bridgehead atoms. The summed E-state index contributed by atoms with van der Waals surface area (Å²) in [4.78, 5) is 12.8. The minimum atomic E-state index is -3.53. The van der Waals surface area contributed by atoms with Gasteiger partial charge >= 0.3 is 0 Å². The van der Waals surface area contributed by atoms with Crippen LogP contribution >= 0.6 is 0 Å². The fraction of sp³-hybridized carbons (Fsp3) is 0.381. The Balaban J connectivity index is 1.79. The van der Waals surface area contributed by atoms with Gasteiger partial charge in [0.15, 0.2) is 6.10 Å². The molecule has 0 fully saturated rings. The zero-order chi connectivity index (χ0) is 20.5. The Morgan fingerprint density at radius 3 is 2.54 bits per heavy atom. The van der Waals surface area contributed by atoms with Crippen molar-refractivity contribution in [3.63, 3.8) is 0 Å². The fourth-order valence-corrected chi connectivity index (χ4v) is 4.16. The number of amides is 1. The quantitative estimate of drug-likeness (QED) is 0.834. The number of sulfonamides is 1. The lowest BCUT2D eigenvalue weighted by Gasteiger charge is -2.34. The van der Waals surface area contributed by atoms with Gasteiger partial charge in [-0.05, 0) is 49.1 Å². The van der Waals surface area contributed by atoms with Crippen LogP contribution in [0.25, 0.3) is 0 Å². The van der Waals surface area contributed by atoms with Gasteiger partial charge in [0, 0.05) is 0 Å². The molecule has 0 spiro atoms. The predicted molar refractivity (Wildman–Crippen MR) is 110 cm³/mol. The molecule has 2 atom stereocenters. The van der Waals surface area contributed by atoms with Crippen molar-refractivity contribution in [1.82, 2.24) is 5.32 Å². The molecule has 150 valence electrons. The molecule has 0 radical (unpaired) electrons. The van der Waals surface area contributed by atoms with Crippen molar-refractivity contribution < 1.29 is 17.9 Å². The largest absolute Gasteiger partial charge is 0.476 e. The van der Waals surface area contributed by atoms with Crippen molar-refractivity contribution in [3.8, 4) is 5.75 Å². The van der Waals surface area contributed by atoms with E-state index in [2.05, 4.69) is 12.2 Å². The molecule has 0 aliphatic carbocycles. The van der Waals surface area contributed by atoms with E-state index in [0.29, 0.717) is 11.4 Å². The molecule has 0 aromatic heterocycles. The lowest BCUT2D eigenvalue weighted by Crippen LogP contribution is -2.50. The lowest BCUT2D eigenvalue weighted by molar-refractivity contribution is -0.128. The number of aryl methyl sites for hydroxylation is 2. The molecular weight excluding hydrogens is 376 g/mol. The van der Waals surface area contributed by atoms with Crippen molar-refractivity contribution >= 4 is 21.6 Å². The molecule has 1 amide bonds. The summed E-state index contributed by atoms with van der Waals surface area (Å²) < 4.78 is 31.6. The highest BCUT2D eigenvalue weighted by atomic mass is 32.2. The van der Waals surface area contributed by atoms with Crippen LogP contribution < -0.4 is 14.4 Å². The van der Waals surface area contributed by atoms with Gasteiger partial charge in [0.25, 0.3) is 5.91 Å². The summed E-state index contributed by atoms with van der Waals surface area (Å²) in [6, 6.07) is 13.1. The Hall–Kier alpha value is -2.54. The van der Waals surface area contributed by atoms with Crippen LogP contribution in [0.4, 0.5) is 5.69 Å². The molecule has 1 N–H and O–H groups in total. The van der Waals surface area contributed by atoms with Crippen LogP contribution in [0.2, 0.25) is 0 Å². The number of carbonyl (C=O) groups is 1. The summed E-state index contributed by atoms with van der Waals surface area (Å²) in [6.07, 6.45) is 1.17. The number of ether oxygens (including phenoxy) is 1. The Morgan fingerprint density at radius 2 is 1.93 bits per heavy atom. The molecule has 1 aliphatic heterocycles. The maximum absolute atomic E-state index is 12.8. The molecule has 1 aliphatic rings. The normalized spacial score (nSPS) is 17.4. The third-order valence-electron chi connectivity index (χ3n) is 4.92. The summed E-state index contributed by atoms with van der Waals surface area (Å²) in [7, 11) is -3.53. The number of nitrogens with one attached hydrogen (secondary N) is 1. The first-order valence-corrected chi connectivity index (χ1v) is 11.2. The van der Waals surface area contributed by atoms with Gasteiger partial charge in [0.2, 0.25) is 10.0 Å². The molecule has 0 saturated heterocycles. The summed E-state index contributed by atoms with van der Waals surface area (Å²) in [5.74, 6) is 0.0599. The van der Waals surface area contributed by atoms with E-state index in [-0.39, 0.29) is 18.5 Å². The lowest BCUT2D eigenvalue weighted by atomic mass is 10.0. The highest BCUT2D eigenvalue weighted by Crippen LogP contribution is 2.35. The number of hydrogen-bond acceptors (Lipinski definition) is 4. The summed E-state index contributed by atoms with van der Waals surface area (Å²) >= 11 is 0. The smallest absolute Gasteiger partial charge is 0.263 e. The van der Waals surface area contributed by atoms with Gasteiger partial charge in [-0.1, -0.05) is 37.3 Å². The predicted octanol–water partition coefficient (Wildman–Crippen LogP) is 2.96. The Labute approximate surface area is 166 Å². The van der Waals surface area contributed by atoms with Crippen LogP contribution in [-0.2, 0) is 21.2 Å². The molecule has 7 heteroatoms. The molecule has 2 unspecified atom stereocenters. The summed E-state index contributed by atoms with van der Waals surface area (Å²) in [5, 5.41) is 2.94. The van der Waals surface area contributed by atoms with Crippen LogP contribution in [-0.4, -0.2) is 33.2 Å². The third kappa shape index (κ3) is 4.30. The van der Waals surface area contributed by atoms with Crippen molar-refractivity contribution in [1.29, 1.82) is 0 Å².